The van der Waals surface area contributed by atoms with Crippen molar-refractivity contribution in [2.45, 2.75) is 44.2 Å². The predicted octanol–water partition coefficient (Wildman–Crippen LogP) is 5.02. The van der Waals surface area contributed by atoms with Crippen LogP contribution in [0.5, 0.6) is 0 Å². The maximum absolute atomic E-state index is 6.38. The first-order valence-electron chi connectivity index (χ1n) is 7.60. The van der Waals surface area contributed by atoms with E-state index < -0.39 is 0 Å². The molecule has 2 aromatic carbocycles. The fourth-order valence-electron chi connectivity index (χ4n) is 2.48. The van der Waals surface area contributed by atoms with E-state index in [2.05, 4.69) is 69.3 Å². The van der Waals surface area contributed by atoms with E-state index in [-0.39, 0.29) is 6.04 Å². The SMILES string of the molecule is CCC(N)C(SCc1ccccc1C)c1cccc(C)c1. The lowest BCUT2D eigenvalue weighted by atomic mass is 10.0. The van der Waals surface area contributed by atoms with E-state index in [0.29, 0.717) is 5.25 Å². The fourth-order valence-corrected chi connectivity index (χ4v) is 3.94. The molecule has 1 nitrogen and oxygen atoms in total. The largest absolute Gasteiger partial charge is 0.326 e. The Balaban J connectivity index is 2.16. The third-order valence-corrected chi connectivity index (χ3v) is 5.37. The Kier molecular flexibility index (Phi) is 5.89. The van der Waals surface area contributed by atoms with Gasteiger partial charge in [-0.1, -0.05) is 61.0 Å². The Morgan fingerprint density at radius 3 is 2.48 bits per heavy atom. The molecule has 2 rings (SSSR count). The maximum Gasteiger partial charge on any atom is 0.0451 e. The number of hydrogen-bond acceptors (Lipinski definition) is 2. The molecule has 0 aliphatic rings. The Morgan fingerprint density at radius 1 is 1.05 bits per heavy atom. The first-order chi connectivity index (χ1) is 10.1. The summed E-state index contributed by atoms with van der Waals surface area (Å²) < 4.78 is 0. The van der Waals surface area contributed by atoms with Crippen LogP contribution in [0, 0.1) is 13.8 Å². The molecule has 0 aliphatic heterocycles. The van der Waals surface area contributed by atoms with E-state index >= 15 is 0 Å². The Morgan fingerprint density at radius 2 is 1.81 bits per heavy atom. The zero-order chi connectivity index (χ0) is 15.2. The van der Waals surface area contributed by atoms with Crippen LogP contribution in [0.2, 0.25) is 0 Å². The van der Waals surface area contributed by atoms with Gasteiger partial charge >= 0.3 is 0 Å². The molecule has 0 saturated carbocycles. The highest BCUT2D eigenvalue weighted by molar-refractivity contribution is 7.98. The van der Waals surface area contributed by atoms with Gasteiger partial charge in [0.2, 0.25) is 0 Å². The van der Waals surface area contributed by atoms with Crippen molar-refractivity contribution in [2.75, 3.05) is 0 Å². The summed E-state index contributed by atoms with van der Waals surface area (Å²) in [5.41, 5.74) is 11.8. The third-order valence-electron chi connectivity index (χ3n) is 3.91. The third kappa shape index (κ3) is 4.36. The second-order valence-corrected chi connectivity index (χ2v) is 6.77. The van der Waals surface area contributed by atoms with Crippen LogP contribution in [-0.2, 0) is 5.75 Å². The van der Waals surface area contributed by atoms with Gasteiger partial charge in [-0.05, 0) is 37.0 Å². The average Bonchev–Trinajstić information content (AvgIpc) is 2.49. The van der Waals surface area contributed by atoms with Gasteiger partial charge in [-0.15, -0.1) is 11.8 Å². The van der Waals surface area contributed by atoms with Crippen LogP contribution in [0.1, 0.15) is 40.8 Å². The summed E-state index contributed by atoms with van der Waals surface area (Å²) in [6.45, 7) is 6.49. The van der Waals surface area contributed by atoms with Gasteiger partial charge in [0.15, 0.2) is 0 Å². The summed E-state index contributed by atoms with van der Waals surface area (Å²) in [5, 5.41) is 0.356. The summed E-state index contributed by atoms with van der Waals surface area (Å²) in [7, 11) is 0. The highest BCUT2D eigenvalue weighted by Crippen LogP contribution is 2.35. The van der Waals surface area contributed by atoms with Crippen molar-refractivity contribution in [1.29, 1.82) is 0 Å². The van der Waals surface area contributed by atoms with Gasteiger partial charge in [0.05, 0.1) is 0 Å². The minimum Gasteiger partial charge on any atom is -0.326 e. The number of nitrogens with two attached hydrogens (primary N) is 1. The van der Waals surface area contributed by atoms with Gasteiger partial charge in [-0.25, -0.2) is 0 Å². The number of benzene rings is 2. The van der Waals surface area contributed by atoms with E-state index in [4.69, 9.17) is 5.73 Å². The van der Waals surface area contributed by atoms with E-state index in [1.165, 1.54) is 22.3 Å². The minimum atomic E-state index is 0.195. The minimum absolute atomic E-state index is 0.195. The van der Waals surface area contributed by atoms with E-state index in [9.17, 15) is 0 Å². The average molecular weight is 299 g/mol. The topological polar surface area (TPSA) is 26.0 Å². The molecule has 0 heterocycles. The summed E-state index contributed by atoms with van der Waals surface area (Å²) >= 11 is 1.96. The normalized spacial score (nSPS) is 13.9. The lowest BCUT2D eigenvalue weighted by molar-refractivity contribution is 0.634. The van der Waals surface area contributed by atoms with Gasteiger partial charge in [0.1, 0.15) is 0 Å². The quantitative estimate of drug-likeness (QED) is 0.811. The first-order valence-corrected chi connectivity index (χ1v) is 8.65. The Bertz CT molecular complexity index is 579. The molecule has 0 amide bonds. The summed E-state index contributed by atoms with van der Waals surface area (Å²) in [6.07, 6.45) is 0.999. The Hall–Kier alpha value is -1.25. The maximum atomic E-state index is 6.38. The van der Waals surface area contributed by atoms with Gasteiger partial charge in [0.25, 0.3) is 0 Å². The number of aryl methyl sites for hydroxylation is 2. The van der Waals surface area contributed by atoms with Gasteiger partial charge in [0, 0.05) is 17.0 Å². The van der Waals surface area contributed by atoms with Crippen molar-refractivity contribution in [3.05, 3.63) is 70.8 Å². The van der Waals surface area contributed by atoms with Crippen LogP contribution in [0.25, 0.3) is 0 Å². The molecule has 2 heteroatoms. The monoisotopic (exact) mass is 299 g/mol. The number of thioether (sulfide) groups is 1. The molecule has 0 bridgehead atoms. The van der Waals surface area contributed by atoms with Gasteiger partial charge in [-0.3, -0.25) is 0 Å². The molecule has 0 spiro atoms. The lowest BCUT2D eigenvalue weighted by Crippen LogP contribution is -2.25. The summed E-state index contributed by atoms with van der Waals surface area (Å²) in [6, 6.07) is 17.6. The molecule has 0 fully saturated rings. The molecule has 21 heavy (non-hydrogen) atoms. The Labute approximate surface area is 133 Å². The van der Waals surface area contributed by atoms with E-state index in [0.717, 1.165) is 12.2 Å². The molecule has 2 atom stereocenters. The molecule has 112 valence electrons. The van der Waals surface area contributed by atoms with Crippen molar-refractivity contribution in [1.82, 2.24) is 0 Å². The fraction of sp³-hybridized carbons (Fsp3) is 0.368. The molecule has 2 aromatic rings. The van der Waals surface area contributed by atoms with Crippen molar-refractivity contribution in [2.24, 2.45) is 5.73 Å². The van der Waals surface area contributed by atoms with Crippen molar-refractivity contribution >= 4 is 11.8 Å². The molecular formula is C19H25NS. The van der Waals surface area contributed by atoms with E-state index in [1.807, 2.05) is 11.8 Å². The number of hydrogen-bond donors (Lipinski definition) is 1. The van der Waals surface area contributed by atoms with Crippen LogP contribution in [0.15, 0.2) is 48.5 Å². The second-order valence-electron chi connectivity index (χ2n) is 5.64. The molecule has 0 aromatic heterocycles. The zero-order valence-corrected chi connectivity index (χ0v) is 14.0. The van der Waals surface area contributed by atoms with Crippen molar-refractivity contribution in [3.63, 3.8) is 0 Å². The van der Waals surface area contributed by atoms with Crippen LogP contribution in [-0.4, -0.2) is 6.04 Å². The molecule has 0 saturated heterocycles. The molecule has 0 radical (unpaired) electrons. The van der Waals surface area contributed by atoms with Crippen molar-refractivity contribution in [3.8, 4) is 0 Å². The standard InChI is InChI=1S/C19H25NS/c1-4-18(20)19(16-11-7-8-14(2)12-16)21-13-17-10-6-5-9-15(17)3/h5-12,18-19H,4,13,20H2,1-3H3. The molecule has 2 N–H and O–H groups in total. The summed E-state index contributed by atoms with van der Waals surface area (Å²) in [5.74, 6) is 1.01. The van der Waals surface area contributed by atoms with Crippen LogP contribution < -0.4 is 5.73 Å². The highest BCUT2D eigenvalue weighted by Gasteiger charge is 2.19. The smallest absolute Gasteiger partial charge is 0.0451 e. The molecule has 0 aliphatic carbocycles. The van der Waals surface area contributed by atoms with E-state index in [1.54, 1.807) is 0 Å². The highest BCUT2D eigenvalue weighted by atomic mass is 32.2. The summed E-state index contributed by atoms with van der Waals surface area (Å²) in [4.78, 5) is 0. The van der Waals surface area contributed by atoms with Crippen LogP contribution in [0.3, 0.4) is 0 Å². The number of rotatable bonds is 6. The van der Waals surface area contributed by atoms with Gasteiger partial charge < -0.3 is 5.73 Å². The molecular weight excluding hydrogens is 274 g/mol. The lowest BCUT2D eigenvalue weighted by Gasteiger charge is -2.23. The van der Waals surface area contributed by atoms with Crippen LogP contribution >= 0.6 is 11.8 Å². The predicted molar refractivity (Wildman–Crippen MR) is 94.7 cm³/mol. The molecule has 2 unspecified atom stereocenters. The van der Waals surface area contributed by atoms with Crippen LogP contribution in [0.4, 0.5) is 0 Å². The zero-order valence-electron chi connectivity index (χ0n) is 13.2. The second kappa shape index (κ2) is 7.67. The first kappa shape index (κ1) is 16.1. The van der Waals surface area contributed by atoms with Crippen molar-refractivity contribution < 1.29 is 0 Å². The van der Waals surface area contributed by atoms with Gasteiger partial charge in [-0.2, -0.15) is 0 Å².